The molecule has 0 radical (unpaired) electrons. The molecule has 19 heavy (non-hydrogen) atoms. The molecule has 2 aromatic rings. The van der Waals surface area contributed by atoms with Crippen molar-refractivity contribution in [3.05, 3.63) is 42.1 Å². The second-order valence-electron chi connectivity index (χ2n) is 3.89. The SMILES string of the molecule is COC(=O)/C(=C/CO)n1ccc2ccc(C=O)cc21. The van der Waals surface area contributed by atoms with Gasteiger partial charge < -0.3 is 14.4 Å². The zero-order valence-electron chi connectivity index (χ0n) is 10.4. The molecule has 0 atom stereocenters. The smallest absolute Gasteiger partial charge is 0.354 e. The van der Waals surface area contributed by atoms with Crippen LogP contribution in [0.2, 0.25) is 0 Å². The van der Waals surface area contributed by atoms with Gasteiger partial charge in [0, 0.05) is 11.8 Å². The van der Waals surface area contributed by atoms with E-state index >= 15 is 0 Å². The fourth-order valence-corrected chi connectivity index (χ4v) is 1.90. The molecule has 5 nitrogen and oxygen atoms in total. The molecule has 5 heteroatoms. The molecule has 0 aliphatic carbocycles. The maximum Gasteiger partial charge on any atom is 0.354 e. The van der Waals surface area contributed by atoms with Crippen LogP contribution in [0.15, 0.2) is 36.5 Å². The third-order valence-corrected chi connectivity index (χ3v) is 2.79. The number of hydrogen-bond acceptors (Lipinski definition) is 4. The summed E-state index contributed by atoms with van der Waals surface area (Å²) >= 11 is 0. The van der Waals surface area contributed by atoms with E-state index in [-0.39, 0.29) is 12.3 Å². The molecule has 1 N–H and O–H groups in total. The number of methoxy groups -OCH3 is 1. The summed E-state index contributed by atoms with van der Waals surface area (Å²) in [6.45, 7) is -0.280. The monoisotopic (exact) mass is 259 g/mol. The lowest BCUT2D eigenvalue weighted by Crippen LogP contribution is -2.10. The highest BCUT2D eigenvalue weighted by Crippen LogP contribution is 2.21. The Bertz CT molecular complexity index is 655. The minimum absolute atomic E-state index is 0.211. The molecule has 1 aromatic heterocycles. The lowest BCUT2D eigenvalue weighted by Gasteiger charge is -2.08. The Morgan fingerprint density at radius 1 is 1.42 bits per heavy atom. The molecule has 0 saturated heterocycles. The lowest BCUT2D eigenvalue weighted by molar-refractivity contribution is -0.134. The van der Waals surface area contributed by atoms with Crippen LogP contribution in [0.1, 0.15) is 10.4 Å². The molecule has 1 aromatic carbocycles. The van der Waals surface area contributed by atoms with E-state index in [4.69, 9.17) is 5.11 Å². The van der Waals surface area contributed by atoms with Gasteiger partial charge in [0.15, 0.2) is 0 Å². The fourth-order valence-electron chi connectivity index (χ4n) is 1.90. The molecular formula is C14H13NO4. The summed E-state index contributed by atoms with van der Waals surface area (Å²) in [6.07, 6.45) is 3.79. The van der Waals surface area contributed by atoms with Crippen molar-refractivity contribution in [2.75, 3.05) is 13.7 Å². The molecule has 98 valence electrons. The number of aldehydes is 1. The van der Waals surface area contributed by atoms with Gasteiger partial charge in [-0.1, -0.05) is 12.1 Å². The topological polar surface area (TPSA) is 68.5 Å². The summed E-state index contributed by atoms with van der Waals surface area (Å²) in [5, 5.41) is 9.89. The van der Waals surface area contributed by atoms with Crippen LogP contribution in [0, 0.1) is 0 Å². The molecule has 2 rings (SSSR count). The maximum atomic E-state index is 11.7. The number of aromatic nitrogens is 1. The highest BCUT2D eigenvalue weighted by Gasteiger charge is 2.14. The van der Waals surface area contributed by atoms with Gasteiger partial charge in [-0.05, 0) is 23.6 Å². The van der Waals surface area contributed by atoms with E-state index < -0.39 is 5.97 Å². The number of esters is 1. The van der Waals surface area contributed by atoms with Gasteiger partial charge in [0.25, 0.3) is 0 Å². The van der Waals surface area contributed by atoms with Crippen molar-refractivity contribution in [1.29, 1.82) is 0 Å². The van der Waals surface area contributed by atoms with Gasteiger partial charge in [0.05, 0.1) is 19.2 Å². The highest BCUT2D eigenvalue weighted by molar-refractivity contribution is 6.12. The molecule has 0 aliphatic heterocycles. The third kappa shape index (κ3) is 2.41. The summed E-state index contributed by atoms with van der Waals surface area (Å²) in [5.74, 6) is -0.553. The van der Waals surface area contributed by atoms with Gasteiger partial charge in [0.2, 0.25) is 0 Å². The van der Waals surface area contributed by atoms with Gasteiger partial charge in [-0.2, -0.15) is 0 Å². The number of rotatable bonds is 4. The third-order valence-electron chi connectivity index (χ3n) is 2.79. The number of nitrogens with zero attached hydrogens (tertiary/aromatic N) is 1. The number of aliphatic hydroxyl groups excluding tert-OH is 1. The van der Waals surface area contributed by atoms with E-state index in [1.165, 1.54) is 13.2 Å². The predicted molar refractivity (Wildman–Crippen MR) is 70.7 cm³/mol. The van der Waals surface area contributed by atoms with Gasteiger partial charge in [-0.15, -0.1) is 0 Å². The molecule has 0 spiro atoms. The normalized spacial score (nSPS) is 11.6. The number of fused-ring (bicyclic) bond motifs is 1. The summed E-state index contributed by atoms with van der Waals surface area (Å²) < 4.78 is 6.27. The Morgan fingerprint density at radius 3 is 2.84 bits per heavy atom. The van der Waals surface area contributed by atoms with Crippen LogP contribution in [-0.2, 0) is 9.53 Å². The molecule has 0 bridgehead atoms. The van der Waals surface area contributed by atoms with E-state index in [0.717, 1.165) is 11.7 Å². The molecular weight excluding hydrogens is 246 g/mol. The summed E-state index contributed by atoms with van der Waals surface area (Å²) in [4.78, 5) is 22.5. The van der Waals surface area contributed by atoms with Crippen molar-refractivity contribution in [2.45, 2.75) is 0 Å². The predicted octanol–water partition coefficient (Wildman–Crippen LogP) is 1.46. The van der Waals surface area contributed by atoms with Gasteiger partial charge in [-0.25, -0.2) is 4.79 Å². The molecule has 1 heterocycles. The number of hydrogen-bond donors (Lipinski definition) is 1. The molecule has 0 unspecified atom stereocenters. The number of benzene rings is 1. The second kappa shape index (κ2) is 5.49. The van der Waals surface area contributed by atoms with Gasteiger partial charge in [-0.3, -0.25) is 4.79 Å². The molecule has 0 fully saturated rings. The first-order valence-corrected chi connectivity index (χ1v) is 5.67. The number of carbonyl (C=O) groups excluding carboxylic acids is 2. The second-order valence-corrected chi connectivity index (χ2v) is 3.89. The minimum atomic E-state index is -0.553. The van der Waals surface area contributed by atoms with Gasteiger partial charge in [0.1, 0.15) is 12.0 Å². The van der Waals surface area contributed by atoms with E-state index in [2.05, 4.69) is 4.74 Å². The zero-order chi connectivity index (χ0) is 13.8. The van der Waals surface area contributed by atoms with Crippen molar-refractivity contribution < 1.29 is 19.4 Å². The van der Waals surface area contributed by atoms with Crippen LogP contribution in [0.3, 0.4) is 0 Å². The van der Waals surface area contributed by atoms with Crippen LogP contribution in [-0.4, -0.2) is 35.6 Å². The Kier molecular flexibility index (Phi) is 3.77. The van der Waals surface area contributed by atoms with Crippen LogP contribution in [0.25, 0.3) is 16.6 Å². The summed E-state index contributed by atoms with van der Waals surface area (Å²) in [7, 11) is 1.27. The first kappa shape index (κ1) is 13.0. The Hall–Kier alpha value is -2.40. The van der Waals surface area contributed by atoms with Crippen molar-refractivity contribution in [3.8, 4) is 0 Å². The first-order chi connectivity index (χ1) is 9.21. The first-order valence-electron chi connectivity index (χ1n) is 5.67. The largest absolute Gasteiger partial charge is 0.464 e. The Labute approximate surface area is 109 Å². The summed E-state index contributed by atoms with van der Waals surface area (Å²) in [6, 6.07) is 6.99. The zero-order valence-corrected chi connectivity index (χ0v) is 10.4. The van der Waals surface area contributed by atoms with E-state index in [1.54, 1.807) is 29.0 Å². The van der Waals surface area contributed by atoms with Crippen LogP contribution < -0.4 is 0 Å². The van der Waals surface area contributed by atoms with E-state index in [0.29, 0.717) is 11.1 Å². The number of aliphatic hydroxyl groups is 1. The number of ether oxygens (including phenoxy) is 1. The molecule has 0 saturated carbocycles. The maximum absolute atomic E-state index is 11.7. The Balaban J connectivity index is 2.63. The Morgan fingerprint density at radius 2 is 2.21 bits per heavy atom. The van der Waals surface area contributed by atoms with E-state index in [1.807, 2.05) is 6.07 Å². The van der Waals surface area contributed by atoms with Gasteiger partial charge >= 0.3 is 5.97 Å². The van der Waals surface area contributed by atoms with Crippen molar-refractivity contribution in [1.82, 2.24) is 4.57 Å². The fraction of sp³-hybridized carbons (Fsp3) is 0.143. The average Bonchev–Trinajstić information content (AvgIpc) is 2.86. The standard InChI is InChI=1S/C14H13NO4/c1-19-14(18)12(5-7-16)15-6-4-11-3-2-10(9-17)8-13(11)15/h2-6,8-9,16H,7H2,1H3/b12-5-. The highest BCUT2D eigenvalue weighted by atomic mass is 16.5. The lowest BCUT2D eigenvalue weighted by atomic mass is 10.2. The van der Waals surface area contributed by atoms with Crippen LogP contribution in [0.4, 0.5) is 0 Å². The van der Waals surface area contributed by atoms with Crippen molar-refractivity contribution in [2.24, 2.45) is 0 Å². The summed E-state index contributed by atoms with van der Waals surface area (Å²) in [5.41, 5.74) is 1.43. The quantitative estimate of drug-likeness (QED) is 0.512. The van der Waals surface area contributed by atoms with Crippen LogP contribution in [0.5, 0.6) is 0 Å². The van der Waals surface area contributed by atoms with Crippen molar-refractivity contribution >= 4 is 28.9 Å². The average molecular weight is 259 g/mol. The molecule has 0 aliphatic rings. The minimum Gasteiger partial charge on any atom is -0.464 e. The molecule has 0 amide bonds. The van der Waals surface area contributed by atoms with Crippen LogP contribution >= 0.6 is 0 Å². The van der Waals surface area contributed by atoms with Crippen molar-refractivity contribution in [3.63, 3.8) is 0 Å². The van der Waals surface area contributed by atoms with E-state index in [9.17, 15) is 9.59 Å². The number of carbonyl (C=O) groups is 2.